The minimum absolute atomic E-state index is 0.000884. The van der Waals surface area contributed by atoms with Crippen molar-refractivity contribution in [1.82, 2.24) is 0 Å². The van der Waals surface area contributed by atoms with E-state index in [9.17, 15) is 8.42 Å². The molecule has 3 aromatic carbocycles. The Hall–Kier alpha value is -3.43. The highest BCUT2D eigenvalue weighted by Crippen LogP contribution is 2.48. The Bertz CT molecular complexity index is 1350. The van der Waals surface area contributed by atoms with Crippen molar-refractivity contribution in [2.45, 2.75) is 49.9 Å². The molecule has 1 saturated heterocycles. The number of sulfone groups is 1. The third kappa shape index (κ3) is 6.25. The zero-order valence-electron chi connectivity index (χ0n) is 23.1. The molecule has 210 valence electrons. The summed E-state index contributed by atoms with van der Waals surface area (Å²) in [6.07, 6.45) is 1.34. The molecule has 1 aliphatic rings. The lowest BCUT2D eigenvalue weighted by Gasteiger charge is -2.21. The van der Waals surface area contributed by atoms with Crippen LogP contribution >= 0.6 is 0 Å². The summed E-state index contributed by atoms with van der Waals surface area (Å²) in [5.74, 6) is 2.19. The van der Waals surface area contributed by atoms with Crippen molar-refractivity contribution in [2.24, 2.45) is 0 Å². The summed E-state index contributed by atoms with van der Waals surface area (Å²) in [7, 11) is 2.60. The normalized spacial score (nSPS) is 17.1. The second-order valence-corrected chi connectivity index (χ2v) is 11.4. The molecule has 9 heteroatoms. The lowest BCUT2D eigenvalue weighted by molar-refractivity contribution is 0.0435. The van der Waals surface area contributed by atoms with Crippen molar-refractivity contribution in [3.8, 4) is 28.7 Å². The SMILES string of the molecule is CCCS(=O)(=O)c1cc(C2CCC(c3cc(OC)c(OC)c(OC)c3)O2)cc(OC)c1OCc1ccccc1. The number of rotatable bonds is 12. The van der Waals surface area contributed by atoms with E-state index in [0.29, 0.717) is 35.8 Å². The van der Waals surface area contributed by atoms with Gasteiger partial charge in [-0.25, -0.2) is 8.42 Å². The molecule has 0 bridgehead atoms. The van der Waals surface area contributed by atoms with E-state index in [4.69, 9.17) is 28.4 Å². The van der Waals surface area contributed by atoms with Crippen LogP contribution in [0.3, 0.4) is 0 Å². The van der Waals surface area contributed by atoms with Crippen molar-refractivity contribution in [2.75, 3.05) is 34.2 Å². The molecule has 2 unspecified atom stereocenters. The van der Waals surface area contributed by atoms with Crippen LogP contribution < -0.4 is 23.7 Å². The average molecular weight is 557 g/mol. The number of benzene rings is 3. The van der Waals surface area contributed by atoms with Crippen LogP contribution in [0.1, 0.15) is 55.1 Å². The van der Waals surface area contributed by atoms with Crippen molar-refractivity contribution >= 4 is 9.84 Å². The summed E-state index contributed by atoms with van der Waals surface area (Å²) in [5.41, 5.74) is 2.54. The summed E-state index contributed by atoms with van der Waals surface area (Å²) < 4.78 is 61.4. The quantitative estimate of drug-likeness (QED) is 0.265. The van der Waals surface area contributed by atoms with E-state index in [2.05, 4.69) is 0 Å². The maximum Gasteiger partial charge on any atom is 0.203 e. The fraction of sp³-hybridized carbons (Fsp3) is 0.400. The first-order valence-electron chi connectivity index (χ1n) is 12.9. The van der Waals surface area contributed by atoms with E-state index in [1.165, 1.54) is 7.11 Å². The fourth-order valence-corrected chi connectivity index (χ4v) is 6.35. The maximum absolute atomic E-state index is 13.4. The predicted molar refractivity (Wildman–Crippen MR) is 148 cm³/mol. The topological polar surface area (TPSA) is 89.5 Å². The largest absolute Gasteiger partial charge is 0.493 e. The molecular formula is C30H36O8S. The van der Waals surface area contributed by atoms with Gasteiger partial charge in [0.15, 0.2) is 32.8 Å². The molecule has 2 atom stereocenters. The van der Waals surface area contributed by atoms with Crippen molar-refractivity contribution in [3.05, 3.63) is 71.3 Å². The predicted octanol–water partition coefficient (Wildman–Crippen LogP) is 6.08. The van der Waals surface area contributed by atoms with E-state index >= 15 is 0 Å². The number of ether oxygens (including phenoxy) is 6. The van der Waals surface area contributed by atoms with Gasteiger partial charge in [0.2, 0.25) is 5.75 Å². The molecule has 4 rings (SSSR count). The highest BCUT2D eigenvalue weighted by Gasteiger charge is 2.32. The van der Waals surface area contributed by atoms with Crippen LogP contribution in [0, 0.1) is 0 Å². The molecule has 0 amide bonds. The Morgan fingerprint density at radius 3 is 1.82 bits per heavy atom. The van der Waals surface area contributed by atoms with Gasteiger partial charge in [-0.05, 0) is 60.2 Å². The lowest BCUT2D eigenvalue weighted by atomic mass is 10.0. The monoisotopic (exact) mass is 556 g/mol. The Labute approximate surface area is 230 Å². The molecule has 1 heterocycles. The van der Waals surface area contributed by atoms with Crippen LogP contribution in [-0.2, 0) is 21.2 Å². The van der Waals surface area contributed by atoms with E-state index in [1.54, 1.807) is 27.4 Å². The van der Waals surface area contributed by atoms with Gasteiger partial charge in [-0.15, -0.1) is 0 Å². The van der Waals surface area contributed by atoms with Gasteiger partial charge < -0.3 is 28.4 Å². The first-order chi connectivity index (χ1) is 18.8. The molecule has 0 radical (unpaired) electrons. The second-order valence-electron chi connectivity index (χ2n) is 9.29. The third-order valence-corrected chi connectivity index (χ3v) is 8.67. The molecule has 8 nitrogen and oxygen atoms in total. The van der Waals surface area contributed by atoms with Gasteiger partial charge in [0.25, 0.3) is 0 Å². The molecule has 39 heavy (non-hydrogen) atoms. The van der Waals surface area contributed by atoms with Crippen LogP contribution in [-0.4, -0.2) is 42.6 Å². The standard InChI is InChI=1S/C30H36O8S/c1-6-14-39(31,32)28-18-22(17-27(35-4)30(28)37-19-20-10-8-7-9-11-20)24-13-12-23(38-24)21-15-25(33-2)29(36-5)26(16-21)34-3/h7-11,15-18,23-24H,6,12-14,19H2,1-5H3. The number of hydrogen-bond donors (Lipinski definition) is 0. The Morgan fingerprint density at radius 2 is 1.31 bits per heavy atom. The molecule has 0 aliphatic carbocycles. The Kier molecular flexibility index (Phi) is 9.24. The van der Waals surface area contributed by atoms with Crippen LogP contribution in [0.5, 0.6) is 28.7 Å². The molecular weight excluding hydrogens is 520 g/mol. The fourth-order valence-electron chi connectivity index (χ4n) is 4.83. The van der Waals surface area contributed by atoms with E-state index < -0.39 is 9.84 Å². The second kappa shape index (κ2) is 12.6. The van der Waals surface area contributed by atoms with Crippen molar-refractivity contribution < 1.29 is 36.8 Å². The first-order valence-corrected chi connectivity index (χ1v) is 14.6. The van der Waals surface area contributed by atoms with E-state index in [1.807, 2.05) is 55.5 Å². The van der Waals surface area contributed by atoms with E-state index in [-0.39, 0.29) is 35.2 Å². The zero-order chi connectivity index (χ0) is 28.0. The minimum atomic E-state index is -3.63. The summed E-state index contributed by atoms with van der Waals surface area (Å²) in [6.45, 7) is 2.06. The van der Waals surface area contributed by atoms with Gasteiger partial charge in [-0.3, -0.25) is 0 Å². The van der Waals surface area contributed by atoms with Gasteiger partial charge in [0.1, 0.15) is 11.5 Å². The molecule has 0 saturated carbocycles. The van der Waals surface area contributed by atoms with Crippen LogP contribution in [0.15, 0.2) is 59.5 Å². The summed E-state index contributed by atoms with van der Waals surface area (Å²) in [5, 5.41) is 0. The molecule has 0 spiro atoms. The first kappa shape index (κ1) is 28.6. The summed E-state index contributed by atoms with van der Waals surface area (Å²) >= 11 is 0. The third-order valence-electron chi connectivity index (χ3n) is 6.75. The molecule has 0 aromatic heterocycles. The maximum atomic E-state index is 13.4. The number of hydrogen-bond acceptors (Lipinski definition) is 8. The van der Waals surface area contributed by atoms with Crippen LogP contribution in [0.4, 0.5) is 0 Å². The van der Waals surface area contributed by atoms with Crippen molar-refractivity contribution in [3.63, 3.8) is 0 Å². The Balaban J connectivity index is 1.67. The van der Waals surface area contributed by atoms with Gasteiger partial charge in [-0.1, -0.05) is 37.3 Å². The molecule has 0 N–H and O–H groups in total. The highest BCUT2D eigenvalue weighted by atomic mass is 32.2. The summed E-state index contributed by atoms with van der Waals surface area (Å²) in [6, 6.07) is 16.9. The van der Waals surface area contributed by atoms with Gasteiger partial charge >= 0.3 is 0 Å². The van der Waals surface area contributed by atoms with Gasteiger partial charge in [-0.2, -0.15) is 0 Å². The lowest BCUT2D eigenvalue weighted by Crippen LogP contribution is -2.11. The Morgan fingerprint density at radius 1 is 0.769 bits per heavy atom. The van der Waals surface area contributed by atoms with Gasteiger partial charge in [0, 0.05) is 0 Å². The van der Waals surface area contributed by atoms with Crippen molar-refractivity contribution in [1.29, 1.82) is 0 Å². The zero-order valence-corrected chi connectivity index (χ0v) is 23.9. The van der Waals surface area contributed by atoms with E-state index in [0.717, 1.165) is 23.1 Å². The average Bonchev–Trinajstić information content (AvgIpc) is 3.45. The van der Waals surface area contributed by atoms with Crippen LogP contribution in [0.2, 0.25) is 0 Å². The van der Waals surface area contributed by atoms with Gasteiger partial charge in [0.05, 0.1) is 46.4 Å². The smallest absolute Gasteiger partial charge is 0.203 e. The summed E-state index contributed by atoms with van der Waals surface area (Å²) in [4.78, 5) is 0.120. The molecule has 3 aromatic rings. The molecule has 1 aliphatic heterocycles. The number of methoxy groups -OCH3 is 4. The minimum Gasteiger partial charge on any atom is -0.493 e. The van der Waals surface area contributed by atoms with Crippen LogP contribution in [0.25, 0.3) is 0 Å². The molecule has 1 fully saturated rings. The highest BCUT2D eigenvalue weighted by molar-refractivity contribution is 7.91.